The number of nitriles is 1. The Morgan fingerprint density at radius 3 is 2.70 bits per heavy atom. The number of allylic oxidation sites excluding steroid dienone is 3. The molecule has 0 unspecified atom stereocenters. The first-order valence-electron chi connectivity index (χ1n) is 14.7. The highest BCUT2D eigenvalue weighted by Crippen LogP contribution is 2.40. The van der Waals surface area contributed by atoms with Crippen LogP contribution >= 0.6 is 0 Å². The molecule has 1 aliphatic heterocycles. The minimum absolute atomic E-state index is 0.318. The average Bonchev–Trinajstić information content (AvgIpc) is 3.36. The number of hydrogen-bond donors (Lipinski definition) is 2. The third-order valence-electron chi connectivity index (χ3n) is 7.73. The highest BCUT2D eigenvalue weighted by atomic mass is 16.5. The Balaban J connectivity index is 1.79. The minimum Gasteiger partial charge on any atom is -0.494 e. The second kappa shape index (κ2) is 14.5. The Labute approximate surface area is 260 Å². The van der Waals surface area contributed by atoms with E-state index in [1.807, 2.05) is 39.4 Å². The second-order valence-corrected chi connectivity index (χ2v) is 11.1. The Morgan fingerprint density at radius 2 is 2.02 bits per heavy atom. The van der Waals surface area contributed by atoms with Crippen LogP contribution in [0.15, 0.2) is 55.9 Å². The molecule has 0 atom stereocenters. The van der Waals surface area contributed by atoms with Crippen molar-refractivity contribution in [2.75, 3.05) is 56.9 Å². The lowest BCUT2D eigenvalue weighted by molar-refractivity contribution is -0.111. The van der Waals surface area contributed by atoms with E-state index in [1.54, 1.807) is 13.3 Å². The van der Waals surface area contributed by atoms with Crippen molar-refractivity contribution in [3.05, 3.63) is 72.7 Å². The number of ether oxygens (including phenoxy) is 1. The van der Waals surface area contributed by atoms with Crippen LogP contribution in [0.3, 0.4) is 0 Å². The summed E-state index contributed by atoms with van der Waals surface area (Å²) in [4.78, 5) is 26.2. The summed E-state index contributed by atoms with van der Waals surface area (Å²) in [6.07, 6.45) is 12.1. The van der Waals surface area contributed by atoms with E-state index in [-0.39, 0.29) is 5.91 Å². The first-order valence-corrected chi connectivity index (χ1v) is 14.7. The molecule has 1 aromatic carbocycles. The lowest BCUT2D eigenvalue weighted by atomic mass is 9.97. The van der Waals surface area contributed by atoms with E-state index in [9.17, 15) is 10.1 Å². The average molecular weight is 595 g/mol. The Kier molecular flexibility index (Phi) is 10.6. The molecule has 10 heteroatoms. The number of nitrogens with one attached hydrogen (secondary N) is 2. The third-order valence-corrected chi connectivity index (χ3v) is 7.73. The molecule has 0 spiro atoms. The van der Waals surface area contributed by atoms with Crippen LogP contribution in [-0.2, 0) is 17.8 Å². The molecule has 0 radical (unpaired) electrons. The predicted octanol–water partition coefficient (Wildman–Crippen LogP) is 5.95. The Bertz CT molecular complexity index is 1610. The predicted molar refractivity (Wildman–Crippen MR) is 178 cm³/mol. The van der Waals surface area contributed by atoms with E-state index in [2.05, 4.69) is 68.4 Å². The van der Waals surface area contributed by atoms with Gasteiger partial charge in [-0.2, -0.15) is 5.26 Å². The largest absolute Gasteiger partial charge is 0.494 e. The fourth-order valence-corrected chi connectivity index (χ4v) is 5.46. The highest BCUT2D eigenvalue weighted by molar-refractivity contribution is 6.02. The van der Waals surface area contributed by atoms with Gasteiger partial charge in [-0.3, -0.25) is 4.79 Å². The molecule has 4 rings (SSSR count). The number of anilines is 4. The number of benzene rings is 1. The zero-order valence-corrected chi connectivity index (χ0v) is 26.4. The summed E-state index contributed by atoms with van der Waals surface area (Å²) in [5, 5.41) is 15.6. The van der Waals surface area contributed by atoms with Gasteiger partial charge in [0.1, 0.15) is 5.75 Å². The lowest BCUT2D eigenvalue weighted by Crippen LogP contribution is -2.29. The summed E-state index contributed by atoms with van der Waals surface area (Å²) in [7, 11) is 7.61. The van der Waals surface area contributed by atoms with Crippen LogP contribution in [-0.4, -0.2) is 66.7 Å². The van der Waals surface area contributed by atoms with Crippen LogP contribution in [0.2, 0.25) is 0 Å². The molecule has 1 aliphatic rings. The van der Waals surface area contributed by atoms with Crippen LogP contribution in [0.25, 0.3) is 16.8 Å². The minimum atomic E-state index is -0.318. The maximum Gasteiger partial charge on any atom is 0.247 e. The molecule has 0 aliphatic carbocycles. The molecule has 3 heterocycles. The standard InChI is InChI=1S/C34H42N8O2/c1-8-12-24-14-11-16-42-22-26(23(3)33(24)42)32-25(13-10-15-35)21-36-34(39-32)38-28-19-27(37-31(43)9-2)29(20-30(28)44-7)41(6)18-17-40(4)5/h8-9,12,19-22H,1-2,10-11,13-14,16-18H2,3-7H3,(H,37,43)(H,36,38,39)/b24-12-. The van der Waals surface area contributed by atoms with E-state index in [0.717, 1.165) is 60.5 Å². The molecule has 3 aromatic rings. The first kappa shape index (κ1) is 32.0. The van der Waals surface area contributed by atoms with Gasteiger partial charge in [0.25, 0.3) is 0 Å². The zero-order chi connectivity index (χ0) is 31.8. The fourth-order valence-electron chi connectivity index (χ4n) is 5.46. The summed E-state index contributed by atoms with van der Waals surface area (Å²) < 4.78 is 8.07. The Morgan fingerprint density at radius 1 is 1.23 bits per heavy atom. The van der Waals surface area contributed by atoms with Gasteiger partial charge in [-0.05, 0) is 69.1 Å². The van der Waals surface area contributed by atoms with Crippen LogP contribution in [0, 0.1) is 18.3 Å². The molecule has 1 amide bonds. The number of aromatic nitrogens is 3. The van der Waals surface area contributed by atoms with Gasteiger partial charge in [-0.15, -0.1) is 0 Å². The van der Waals surface area contributed by atoms with Crippen LogP contribution in [0.1, 0.15) is 36.1 Å². The molecule has 2 N–H and O–H groups in total. The number of likely N-dealkylation sites (N-methyl/N-ethyl adjacent to an activating group) is 2. The number of hydrogen-bond acceptors (Lipinski definition) is 8. The van der Waals surface area contributed by atoms with Gasteiger partial charge in [0.15, 0.2) is 0 Å². The summed E-state index contributed by atoms with van der Waals surface area (Å²) in [5.41, 5.74) is 8.29. The molecule has 0 bridgehead atoms. The molecule has 44 heavy (non-hydrogen) atoms. The van der Waals surface area contributed by atoms with E-state index in [0.29, 0.717) is 35.9 Å². The van der Waals surface area contributed by atoms with E-state index in [1.165, 1.54) is 17.3 Å². The highest BCUT2D eigenvalue weighted by Gasteiger charge is 2.23. The molecule has 0 saturated carbocycles. The molecule has 0 saturated heterocycles. The zero-order valence-electron chi connectivity index (χ0n) is 26.4. The van der Waals surface area contributed by atoms with Crippen molar-refractivity contribution >= 4 is 34.5 Å². The molecule has 2 aromatic heterocycles. The Hall–Kier alpha value is -4.88. The number of amides is 1. The SMILES string of the molecule is C=C/C=C1/CCCn2cc(-c3nc(Nc4cc(NC(=O)C=C)c(N(C)CCN(C)C)cc4OC)ncc3CCC#N)c(C)c21. The van der Waals surface area contributed by atoms with Gasteiger partial charge in [-0.25, -0.2) is 9.97 Å². The van der Waals surface area contributed by atoms with Crippen molar-refractivity contribution in [3.63, 3.8) is 0 Å². The van der Waals surface area contributed by atoms with Crippen molar-refractivity contribution in [1.82, 2.24) is 19.4 Å². The van der Waals surface area contributed by atoms with Crippen LogP contribution in [0.4, 0.5) is 23.0 Å². The van der Waals surface area contributed by atoms with Crippen molar-refractivity contribution < 1.29 is 9.53 Å². The normalized spacial score (nSPS) is 13.2. The van der Waals surface area contributed by atoms with Crippen molar-refractivity contribution in [2.45, 2.75) is 39.2 Å². The molecule has 230 valence electrons. The third kappa shape index (κ3) is 7.18. The topological polar surface area (TPSA) is 111 Å². The maximum atomic E-state index is 12.4. The molecular weight excluding hydrogens is 552 g/mol. The first-order chi connectivity index (χ1) is 21.2. The number of carbonyl (C=O) groups excluding carboxylic acids is 1. The number of aryl methyl sites for hydroxylation is 2. The number of nitrogens with zero attached hydrogens (tertiary/aromatic N) is 6. The van der Waals surface area contributed by atoms with Gasteiger partial charge in [0.05, 0.1) is 35.9 Å². The van der Waals surface area contributed by atoms with Gasteiger partial charge in [0, 0.05) is 62.8 Å². The fraction of sp³-hybridized carbons (Fsp3) is 0.353. The summed E-state index contributed by atoms with van der Waals surface area (Å²) >= 11 is 0. The number of rotatable bonds is 13. The quantitative estimate of drug-likeness (QED) is 0.234. The van der Waals surface area contributed by atoms with Gasteiger partial charge in [-0.1, -0.05) is 25.3 Å². The van der Waals surface area contributed by atoms with Crippen molar-refractivity contribution in [1.29, 1.82) is 5.26 Å². The smallest absolute Gasteiger partial charge is 0.247 e. The van der Waals surface area contributed by atoms with Gasteiger partial charge in [0.2, 0.25) is 11.9 Å². The number of methoxy groups -OCH3 is 1. The monoisotopic (exact) mass is 594 g/mol. The molecule has 10 nitrogen and oxygen atoms in total. The van der Waals surface area contributed by atoms with Gasteiger partial charge < -0.3 is 29.7 Å². The maximum absolute atomic E-state index is 12.4. The van der Waals surface area contributed by atoms with Crippen molar-refractivity contribution in [3.8, 4) is 23.1 Å². The van der Waals surface area contributed by atoms with Crippen LogP contribution in [0.5, 0.6) is 5.75 Å². The van der Waals surface area contributed by atoms with Crippen molar-refractivity contribution in [2.24, 2.45) is 0 Å². The summed E-state index contributed by atoms with van der Waals surface area (Å²) in [6, 6.07) is 5.96. The van der Waals surface area contributed by atoms with E-state index in [4.69, 9.17) is 9.72 Å². The van der Waals surface area contributed by atoms with E-state index < -0.39 is 0 Å². The summed E-state index contributed by atoms with van der Waals surface area (Å²) in [6.45, 7) is 12.1. The van der Waals surface area contributed by atoms with Crippen LogP contribution < -0.4 is 20.3 Å². The number of carbonyl (C=O) groups is 1. The molecular formula is C34H42N8O2. The van der Waals surface area contributed by atoms with Gasteiger partial charge >= 0.3 is 0 Å². The lowest BCUT2D eigenvalue weighted by Gasteiger charge is -2.26. The summed E-state index contributed by atoms with van der Waals surface area (Å²) in [5.74, 6) is 0.627. The second-order valence-electron chi connectivity index (χ2n) is 11.1. The molecule has 0 fully saturated rings. The number of fused-ring (bicyclic) bond motifs is 1. The van der Waals surface area contributed by atoms with E-state index >= 15 is 0 Å².